The van der Waals surface area contributed by atoms with Crippen molar-refractivity contribution in [1.82, 2.24) is 9.55 Å². The van der Waals surface area contributed by atoms with Crippen LogP contribution >= 0.6 is 11.8 Å². The zero-order chi connectivity index (χ0) is 15.0. The molecule has 112 valence electrons. The number of benzene rings is 1. The average molecular weight is 304 g/mol. The van der Waals surface area contributed by atoms with Crippen molar-refractivity contribution in [3.63, 3.8) is 0 Å². The van der Waals surface area contributed by atoms with Gasteiger partial charge in [-0.1, -0.05) is 30.7 Å². The molecule has 0 saturated heterocycles. The van der Waals surface area contributed by atoms with Crippen LogP contribution in [0.1, 0.15) is 37.8 Å². The van der Waals surface area contributed by atoms with E-state index >= 15 is 0 Å². The Morgan fingerprint density at radius 3 is 2.95 bits per heavy atom. The molecule has 0 radical (unpaired) electrons. The van der Waals surface area contributed by atoms with Crippen LogP contribution in [-0.4, -0.2) is 26.4 Å². The van der Waals surface area contributed by atoms with Crippen LogP contribution in [0.2, 0.25) is 0 Å². The van der Waals surface area contributed by atoms with E-state index in [1.165, 1.54) is 30.2 Å². The number of fused-ring (bicyclic) bond motifs is 1. The van der Waals surface area contributed by atoms with E-state index < -0.39 is 5.97 Å². The van der Waals surface area contributed by atoms with Gasteiger partial charge in [0.15, 0.2) is 5.16 Å². The van der Waals surface area contributed by atoms with Crippen molar-refractivity contribution in [2.75, 3.05) is 5.75 Å². The highest BCUT2D eigenvalue weighted by atomic mass is 32.2. The fraction of sp³-hybridized carbons (Fsp3) is 0.500. The molecule has 1 unspecified atom stereocenters. The number of hydrogen-bond acceptors (Lipinski definition) is 3. The predicted molar refractivity (Wildman–Crippen MR) is 84.9 cm³/mol. The third kappa shape index (κ3) is 3.23. The SMILES string of the molecule is Cc1ccc2nc(SCC(=O)O)n(C(C)CC3CC3)c2c1. The molecule has 1 heterocycles. The summed E-state index contributed by atoms with van der Waals surface area (Å²) in [6.07, 6.45) is 3.81. The number of aryl methyl sites for hydroxylation is 1. The third-order valence-electron chi connectivity index (χ3n) is 3.95. The summed E-state index contributed by atoms with van der Waals surface area (Å²) in [6, 6.07) is 6.59. The maximum Gasteiger partial charge on any atom is 0.313 e. The lowest BCUT2D eigenvalue weighted by Gasteiger charge is -2.17. The molecule has 1 aliphatic rings. The van der Waals surface area contributed by atoms with E-state index in [2.05, 4.69) is 35.5 Å². The number of aliphatic carboxylic acids is 1. The standard InChI is InChI=1S/C16H20N2O2S/c1-10-3-6-13-14(7-10)18(11(2)8-12-4-5-12)16(17-13)21-9-15(19)20/h3,6-7,11-12H,4-5,8-9H2,1-2H3,(H,19,20). The molecule has 21 heavy (non-hydrogen) atoms. The Bertz CT molecular complexity index is 676. The molecule has 1 aromatic carbocycles. The Hall–Kier alpha value is -1.49. The number of hydrogen-bond donors (Lipinski definition) is 1. The van der Waals surface area contributed by atoms with Crippen LogP contribution in [0, 0.1) is 12.8 Å². The molecule has 4 nitrogen and oxygen atoms in total. The summed E-state index contributed by atoms with van der Waals surface area (Å²) in [6.45, 7) is 4.29. The third-order valence-corrected chi connectivity index (χ3v) is 4.89. The minimum Gasteiger partial charge on any atom is -0.481 e. The number of nitrogens with zero attached hydrogens (tertiary/aromatic N) is 2. The zero-order valence-corrected chi connectivity index (χ0v) is 13.2. The van der Waals surface area contributed by atoms with Crippen molar-refractivity contribution in [3.05, 3.63) is 23.8 Å². The van der Waals surface area contributed by atoms with Crippen molar-refractivity contribution in [2.24, 2.45) is 5.92 Å². The van der Waals surface area contributed by atoms with Crippen LogP contribution in [0.3, 0.4) is 0 Å². The summed E-state index contributed by atoms with van der Waals surface area (Å²) in [5.74, 6) is 0.0857. The number of carbonyl (C=O) groups is 1. The molecule has 0 aliphatic heterocycles. The molecule has 0 spiro atoms. The number of thioether (sulfide) groups is 1. The molecule has 1 aromatic heterocycles. The van der Waals surface area contributed by atoms with Crippen molar-refractivity contribution in [2.45, 2.75) is 44.3 Å². The van der Waals surface area contributed by atoms with Gasteiger partial charge in [-0.15, -0.1) is 0 Å². The lowest BCUT2D eigenvalue weighted by atomic mass is 10.1. The van der Waals surface area contributed by atoms with Crippen molar-refractivity contribution in [1.29, 1.82) is 0 Å². The van der Waals surface area contributed by atoms with E-state index in [0.29, 0.717) is 6.04 Å². The van der Waals surface area contributed by atoms with Crippen LogP contribution in [0.5, 0.6) is 0 Å². The van der Waals surface area contributed by atoms with Crippen molar-refractivity contribution >= 4 is 28.8 Å². The van der Waals surface area contributed by atoms with Crippen LogP contribution in [0.25, 0.3) is 11.0 Å². The fourth-order valence-corrected chi connectivity index (χ4v) is 3.61. The van der Waals surface area contributed by atoms with Gasteiger partial charge in [0, 0.05) is 6.04 Å². The second-order valence-electron chi connectivity index (χ2n) is 5.97. The van der Waals surface area contributed by atoms with E-state index in [0.717, 1.165) is 28.5 Å². The van der Waals surface area contributed by atoms with E-state index in [1.54, 1.807) is 0 Å². The molecule has 1 N–H and O–H groups in total. The monoisotopic (exact) mass is 304 g/mol. The Morgan fingerprint density at radius 1 is 1.52 bits per heavy atom. The molecule has 3 rings (SSSR count). The molecule has 5 heteroatoms. The first kappa shape index (κ1) is 14.4. The fourth-order valence-electron chi connectivity index (χ4n) is 2.78. The summed E-state index contributed by atoms with van der Waals surface area (Å²) in [5, 5.41) is 9.75. The highest BCUT2D eigenvalue weighted by Gasteiger charge is 2.26. The highest BCUT2D eigenvalue weighted by Crippen LogP contribution is 2.39. The van der Waals surface area contributed by atoms with Gasteiger partial charge in [0.2, 0.25) is 0 Å². The van der Waals surface area contributed by atoms with Gasteiger partial charge in [-0.25, -0.2) is 4.98 Å². The summed E-state index contributed by atoms with van der Waals surface area (Å²) in [4.78, 5) is 15.5. The molecule has 1 fully saturated rings. The molecular weight excluding hydrogens is 284 g/mol. The summed E-state index contributed by atoms with van der Waals surface area (Å²) in [5.41, 5.74) is 3.28. The Morgan fingerprint density at radius 2 is 2.29 bits per heavy atom. The van der Waals surface area contributed by atoms with Crippen LogP contribution in [0.15, 0.2) is 23.4 Å². The van der Waals surface area contributed by atoms with Gasteiger partial charge >= 0.3 is 5.97 Å². The maximum atomic E-state index is 10.9. The van der Waals surface area contributed by atoms with Crippen LogP contribution in [-0.2, 0) is 4.79 Å². The molecule has 1 atom stereocenters. The van der Waals surface area contributed by atoms with Gasteiger partial charge in [-0.05, 0) is 43.9 Å². The van der Waals surface area contributed by atoms with Gasteiger partial charge in [0.05, 0.1) is 16.8 Å². The average Bonchev–Trinajstić information content (AvgIpc) is 3.15. The maximum absolute atomic E-state index is 10.9. The summed E-state index contributed by atoms with van der Waals surface area (Å²) in [7, 11) is 0. The number of carboxylic acids is 1. The van der Waals surface area contributed by atoms with Gasteiger partial charge < -0.3 is 9.67 Å². The minimum atomic E-state index is -0.801. The Labute approximate surface area is 128 Å². The van der Waals surface area contributed by atoms with Gasteiger partial charge in [-0.2, -0.15) is 0 Å². The second kappa shape index (κ2) is 5.72. The number of imidazole rings is 1. The molecule has 1 aliphatic carbocycles. The molecule has 0 amide bonds. The predicted octanol–water partition coefficient (Wildman–Crippen LogP) is 3.88. The van der Waals surface area contributed by atoms with Crippen LogP contribution in [0.4, 0.5) is 0 Å². The topological polar surface area (TPSA) is 55.1 Å². The smallest absolute Gasteiger partial charge is 0.313 e. The van der Waals surface area contributed by atoms with Crippen molar-refractivity contribution < 1.29 is 9.90 Å². The van der Waals surface area contributed by atoms with Crippen LogP contribution < -0.4 is 0 Å². The first-order valence-electron chi connectivity index (χ1n) is 7.38. The van der Waals surface area contributed by atoms with Gasteiger partial charge in [0.25, 0.3) is 0 Å². The quantitative estimate of drug-likeness (QED) is 0.823. The van der Waals surface area contributed by atoms with E-state index in [-0.39, 0.29) is 5.75 Å². The van der Waals surface area contributed by atoms with E-state index in [1.807, 2.05) is 6.07 Å². The Balaban J connectivity index is 1.99. The molecule has 2 aromatic rings. The summed E-state index contributed by atoms with van der Waals surface area (Å²) < 4.78 is 2.23. The normalized spacial score (nSPS) is 16.3. The van der Waals surface area contributed by atoms with E-state index in [4.69, 9.17) is 5.11 Å². The minimum absolute atomic E-state index is 0.0540. The molecule has 1 saturated carbocycles. The van der Waals surface area contributed by atoms with Gasteiger partial charge in [0.1, 0.15) is 0 Å². The molecular formula is C16H20N2O2S. The largest absolute Gasteiger partial charge is 0.481 e. The second-order valence-corrected chi connectivity index (χ2v) is 6.91. The zero-order valence-electron chi connectivity index (χ0n) is 12.4. The summed E-state index contributed by atoms with van der Waals surface area (Å²) >= 11 is 1.31. The number of rotatable bonds is 6. The first-order valence-corrected chi connectivity index (χ1v) is 8.36. The number of aromatic nitrogens is 2. The molecule has 0 bridgehead atoms. The lowest BCUT2D eigenvalue weighted by Crippen LogP contribution is -2.09. The van der Waals surface area contributed by atoms with Gasteiger partial charge in [-0.3, -0.25) is 4.79 Å². The Kier molecular flexibility index (Phi) is 3.93. The first-order chi connectivity index (χ1) is 10.0. The van der Waals surface area contributed by atoms with Crippen molar-refractivity contribution in [3.8, 4) is 0 Å². The van der Waals surface area contributed by atoms with E-state index in [9.17, 15) is 4.79 Å². The lowest BCUT2D eigenvalue weighted by molar-refractivity contribution is -0.133. The highest BCUT2D eigenvalue weighted by molar-refractivity contribution is 7.99. The number of carboxylic acid groups (broad SMARTS) is 1.